The molecule has 0 radical (unpaired) electrons. The minimum atomic E-state index is -0.185. The molecule has 0 bridgehead atoms. The molecule has 0 spiro atoms. The second-order valence-electron chi connectivity index (χ2n) is 4.45. The molecule has 0 aliphatic rings. The molecule has 0 atom stereocenters. The van der Waals surface area contributed by atoms with Gasteiger partial charge in [-0.2, -0.15) is 0 Å². The molecule has 98 valence electrons. The third-order valence-corrected chi connectivity index (χ3v) is 3.21. The van der Waals surface area contributed by atoms with E-state index in [1.54, 1.807) is 24.3 Å². The summed E-state index contributed by atoms with van der Waals surface area (Å²) in [4.78, 5) is 12.2. The Bertz CT molecular complexity index is 618. The molecule has 0 fully saturated rings. The van der Waals surface area contributed by atoms with Gasteiger partial charge in [0.1, 0.15) is 0 Å². The van der Waals surface area contributed by atoms with Gasteiger partial charge in [-0.3, -0.25) is 4.79 Å². The van der Waals surface area contributed by atoms with Gasteiger partial charge in [0.15, 0.2) is 0 Å². The number of carbonyl (C=O) groups excluding carboxylic acids is 1. The second-order valence-corrected chi connectivity index (χ2v) is 4.89. The van der Waals surface area contributed by atoms with Crippen LogP contribution in [-0.2, 0) is 0 Å². The van der Waals surface area contributed by atoms with Crippen LogP contribution in [0.25, 0.3) is 0 Å². The van der Waals surface area contributed by atoms with Crippen LogP contribution in [0.2, 0.25) is 5.02 Å². The SMILES string of the molecule is Cc1cc(Cl)ccc1C(=O)Nc1c(C)cccc1N. The summed E-state index contributed by atoms with van der Waals surface area (Å²) in [5.74, 6) is -0.185. The topological polar surface area (TPSA) is 55.1 Å². The van der Waals surface area contributed by atoms with Gasteiger partial charge < -0.3 is 11.1 Å². The Balaban J connectivity index is 2.31. The Hall–Kier alpha value is -2.00. The van der Waals surface area contributed by atoms with E-state index < -0.39 is 0 Å². The number of carbonyl (C=O) groups is 1. The molecule has 0 saturated carbocycles. The Morgan fingerprint density at radius 1 is 1.16 bits per heavy atom. The van der Waals surface area contributed by atoms with Gasteiger partial charge in [0.2, 0.25) is 0 Å². The Morgan fingerprint density at radius 2 is 1.89 bits per heavy atom. The molecule has 0 aromatic heterocycles. The van der Waals surface area contributed by atoms with Crippen molar-refractivity contribution in [2.24, 2.45) is 0 Å². The molecule has 0 unspecified atom stereocenters. The van der Waals surface area contributed by atoms with Crippen LogP contribution in [0.15, 0.2) is 36.4 Å². The molecular formula is C15H15ClN2O. The van der Waals surface area contributed by atoms with E-state index in [-0.39, 0.29) is 5.91 Å². The summed E-state index contributed by atoms with van der Waals surface area (Å²) in [5, 5.41) is 3.46. The highest BCUT2D eigenvalue weighted by molar-refractivity contribution is 6.30. The van der Waals surface area contributed by atoms with E-state index in [2.05, 4.69) is 5.32 Å². The Labute approximate surface area is 117 Å². The molecule has 0 saturated heterocycles. The van der Waals surface area contributed by atoms with Crippen LogP contribution in [0, 0.1) is 13.8 Å². The lowest BCUT2D eigenvalue weighted by atomic mass is 10.1. The number of anilines is 2. The number of nitrogens with two attached hydrogens (primary N) is 1. The highest BCUT2D eigenvalue weighted by atomic mass is 35.5. The van der Waals surface area contributed by atoms with Crippen molar-refractivity contribution in [3.63, 3.8) is 0 Å². The molecule has 1 amide bonds. The second kappa shape index (κ2) is 5.33. The number of nitrogen functional groups attached to an aromatic ring is 1. The van der Waals surface area contributed by atoms with Crippen LogP contribution in [0.3, 0.4) is 0 Å². The fourth-order valence-corrected chi connectivity index (χ4v) is 2.15. The first kappa shape index (κ1) is 13.4. The van der Waals surface area contributed by atoms with Crippen molar-refractivity contribution >= 4 is 28.9 Å². The van der Waals surface area contributed by atoms with E-state index in [1.807, 2.05) is 26.0 Å². The summed E-state index contributed by atoms with van der Waals surface area (Å²) in [6, 6.07) is 10.7. The summed E-state index contributed by atoms with van der Waals surface area (Å²) in [6.45, 7) is 3.75. The van der Waals surface area contributed by atoms with E-state index in [9.17, 15) is 4.79 Å². The van der Waals surface area contributed by atoms with E-state index in [1.165, 1.54) is 0 Å². The van der Waals surface area contributed by atoms with E-state index in [0.29, 0.717) is 22.0 Å². The summed E-state index contributed by atoms with van der Waals surface area (Å²) in [5.41, 5.74) is 9.44. The number of amides is 1. The van der Waals surface area contributed by atoms with Crippen LogP contribution < -0.4 is 11.1 Å². The number of hydrogen-bond acceptors (Lipinski definition) is 2. The monoisotopic (exact) mass is 274 g/mol. The fourth-order valence-electron chi connectivity index (χ4n) is 1.92. The van der Waals surface area contributed by atoms with E-state index >= 15 is 0 Å². The van der Waals surface area contributed by atoms with Gasteiger partial charge in [-0.1, -0.05) is 23.7 Å². The van der Waals surface area contributed by atoms with E-state index in [4.69, 9.17) is 17.3 Å². The molecular weight excluding hydrogens is 260 g/mol. The number of para-hydroxylation sites is 1. The molecule has 0 heterocycles. The predicted octanol–water partition coefficient (Wildman–Crippen LogP) is 3.79. The van der Waals surface area contributed by atoms with Gasteiger partial charge >= 0.3 is 0 Å². The lowest BCUT2D eigenvalue weighted by molar-refractivity contribution is 0.102. The van der Waals surface area contributed by atoms with Crippen molar-refractivity contribution in [3.8, 4) is 0 Å². The van der Waals surface area contributed by atoms with Gasteiger partial charge in [0.25, 0.3) is 5.91 Å². The molecule has 3 nitrogen and oxygen atoms in total. The number of halogens is 1. The summed E-state index contributed by atoms with van der Waals surface area (Å²) < 4.78 is 0. The van der Waals surface area contributed by atoms with Crippen molar-refractivity contribution < 1.29 is 4.79 Å². The molecule has 2 rings (SSSR count). The predicted molar refractivity (Wildman–Crippen MR) is 79.7 cm³/mol. The molecule has 2 aromatic rings. The van der Waals surface area contributed by atoms with Crippen LogP contribution in [-0.4, -0.2) is 5.91 Å². The number of aryl methyl sites for hydroxylation is 2. The van der Waals surface area contributed by atoms with Crippen molar-refractivity contribution in [1.82, 2.24) is 0 Å². The molecule has 4 heteroatoms. The lowest BCUT2D eigenvalue weighted by Crippen LogP contribution is -2.15. The molecule has 19 heavy (non-hydrogen) atoms. The van der Waals surface area contributed by atoms with Crippen molar-refractivity contribution in [2.75, 3.05) is 11.1 Å². The zero-order chi connectivity index (χ0) is 14.0. The standard InChI is InChI=1S/C15H15ClN2O/c1-9-4-3-5-13(17)14(9)18-15(19)12-7-6-11(16)8-10(12)2/h3-8H,17H2,1-2H3,(H,18,19). The van der Waals surface area contributed by atoms with Crippen molar-refractivity contribution in [2.45, 2.75) is 13.8 Å². The van der Waals surface area contributed by atoms with Gasteiger partial charge in [-0.25, -0.2) is 0 Å². The Morgan fingerprint density at radius 3 is 2.53 bits per heavy atom. The Kier molecular flexibility index (Phi) is 3.76. The molecule has 0 aliphatic heterocycles. The first-order valence-corrected chi connectivity index (χ1v) is 6.29. The average molecular weight is 275 g/mol. The van der Waals surface area contributed by atoms with Crippen molar-refractivity contribution in [3.05, 3.63) is 58.1 Å². The quantitative estimate of drug-likeness (QED) is 0.819. The largest absolute Gasteiger partial charge is 0.397 e. The fraction of sp³-hybridized carbons (Fsp3) is 0.133. The first-order valence-electron chi connectivity index (χ1n) is 5.91. The van der Waals surface area contributed by atoms with Crippen LogP contribution >= 0.6 is 11.6 Å². The number of rotatable bonds is 2. The average Bonchev–Trinajstić information content (AvgIpc) is 2.33. The molecule has 3 N–H and O–H groups in total. The smallest absolute Gasteiger partial charge is 0.255 e. The highest BCUT2D eigenvalue weighted by Crippen LogP contribution is 2.24. The zero-order valence-corrected chi connectivity index (χ0v) is 11.6. The third-order valence-electron chi connectivity index (χ3n) is 2.98. The van der Waals surface area contributed by atoms with Crippen LogP contribution in [0.4, 0.5) is 11.4 Å². The maximum Gasteiger partial charge on any atom is 0.255 e. The summed E-state index contributed by atoms with van der Waals surface area (Å²) in [6.07, 6.45) is 0. The summed E-state index contributed by atoms with van der Waals surface area (Å²) in [7, 11) is 0. The van der Waals surface area contributed by atoms with E-state index in [0.717, 1.165) is 11.1 Å². The maximum absolute atomic E-state index is 12.2. The summed E-state index contributed by atoms with van der Waals surface area (Å²) >= 11 is 5.88. The third kappa shape index (κ3) is 2.88. The van der Waals surface area contributed by atoms with Gasteiger partial charge in [0.05, 0.1) is 11.4 Å². The number of hydrogen-bond donors (Lipinski definition) is 2. The minimum absolute atomic E-state index is 0.185. The lowest BCUT2D eigenvalue weighted by Gasteiger charge is -2.12. The highest BCUT2D eigenvalue weighted by Gasteiger charge is 2.12. The normalized spacial score (nSPS) is 10.3. The first-order chi connectivity index (χ1) is 8.99. The minimum Gasteiger partial charge on any atom is -0.397 e. The van der Waals surface area contributed by atoms with Gasteiger partial charge in [-0.05, 0) is 49.2 Å². The molecule has 2 aromatic carbocycles. The van der Waals surface area contributed by atoms with Crippen LogP contribution in [0.5, 0.6) is 0 Å². The van der Waals surface area contributed by atoms with Gasteiger partial charge in [-0.15, -0.1) is 0 Å². The van der Waals surface area contributed by atoms with Crippen LogP contribution in [0.1, 0.15) is 21.5 Å². The molecule has 0 aliphatic carbocycles. The zero-order valence-electron chi connectivity index (χ0n) is 10.8. The number of benzene rings is 2. The number of nitrogens with one attached hydrogen (secondary N) is 1. The van der Waals surface area contributed by atoms with Gasteiger partial charge in [0, 0.05) is 10.6 Å². The maximum atomic E-state index is 12.2. The van der Waals surface area contributed by atoms with Crippen molar-refractivity contribution in [1.29, 1.82) is 0 Å².